The van der Waals surface area contributed by atoms with Crippen LogP contribution < -0.4 is 0 Å². The van der Waals surface area contributed by atoms with Crippen molar-refractivity contribution in [2.75, 3.05) is 0 Å². The van der Waals surface area contributed by atoms with E-state index in [0.29, 0.717) is 17.7 Å². The Hall–Kier alpha value is -3.41. The molecule has 6 nitrogen and oxygen atoms in total. The summed E-state index contributed by atoms with van der Waals surface area (Å²) < 4.78 is 2.13. The molecule has 3 rings (SSSR count). The summed E-state index contributed by atoms with van der Waals surface area (Å²) in [6.45, 7) is 8.80. The van der Waals surface area contributed by atoms with E-state index in [1.165, 1.54) is 17.2 Å². The molecule has 0 bridgehead atoms. The van der Waals surface area contributed by atoms with Crippen LogP contribution in [0.25, 0.3) is 0 Å². The van der Waals surface area contributed by atoms with Crippen molar-refractivity contribution in [2.45, 2.75) is 46.8 Å². The van der Waals surface area contributed by atoms with Gasteiger partial charge in [-0.05, 0) is 51.5 Å². The Kier molecular flexibility index (Phi) is 6.35. The van der Waals surface area contributed by atoms with Gasteiger partial charge in [0.15, 0.2) is 0 Å². The Labute approximate surface area is 176 Å². The van der Waals surface area contributed by atoms with Gasteiger partial charge in [0.25, 0.3) is 11.6 Å². The largest absolute Gasteiger partial charge is 0.345 e. The molecule has 6 heteroatoms. The summed E-state index contributed by atoms with van der Waals surface area (Å²) >= 11 is 0. The van der Waals surface area contributed by atoms with Gasteiger partial charge in [-0.3, -0.25) is 14.9 Å². The SMILES string of the molecule is Cc1cccc(Cn2cccc2CN(C(=O)c2ccc(C)c([N+](=O)[O-])c2)C(C)C)c1. The average molecular weight is 405 g/mol. The molecular weight excluding hydrogens is 378 g/mol. The zero-order valence-electron chi connectivity index (χ0n) is 17.8. The quantitative estimate of drug-likeness (QED) is 0.405. The second-order valence-corrected chi connectivity index (χ2v) is 7.90. The van der Waals surface area contributed by atoms with E-state index >= 15 is 0 Å². The van der Waals surface area contributed by atoms with Gasteiger partial charge in [-0.25, -0.2) is 0 Å². The molecule has 0 atom stereocenters. The fourth-order valence-corrected chi connectivity index (χ4v) is 3.52. The Morgan fingerprint density at radius 3 is 2.53 bits per heavy atom. The molecule has 0 radical (unpaired) electrons. The summed E-state index contributed by atoms with van der Waals surface area (Å²) in [6.07, 6.45) is 2.01. The predicted octanol–water partition coefficient (Wildman–Crippen LogP) is 5.11. The average Bonchev–Trinajstić information content (AvgIpc) is 3.12. The van der Waals surface area contributed by atoms with Gasteiger partial charge >= 0.3 is 0 Å². The second kappa shape index (κ2) is 8.95. The van der Waals surface area contributed by atoms with Crippen LogP contribution in [0.4, 0.5) is 5.69 Å². The predicted molar refractivity (Wildman–Crippen MR) is 118 cm³/mol. The van der Waals surface area contributed by atoms with Crippen LogP contribution in [0.3, 0.4) is 0 Å². The minimum atomic E-state index is -0.446. The Morgan fingerprint density at radius 2 is 1.87 bits per heavy atom. The van der Waals surface area contributed by atoms with Gasteiger partial charge in [-0.15, -0.1) is 0 Å². The van der Waals surface area contributed by atoms with Crippen molar-refractivity contribution in [3.05, 3.63) is 98.9 Å². The molecular formula is C24H27N3O3. The molecule has 0 N–H and O–H groups in total. The molecule has 1 amide bonds. The molecule has 1 heterocycles. The number of hydrogen-bond acceptors (Lipinski definition) is 3. The van der Waals surface area contributed by atoms with Crippen molar-refractivity contribution in [3.8, 4) is 0 Å². The normalized spacial score (nSPS) is 11.0. The summed E-state index contributed by atoms with van der Waals surface area (Å²) in [4.78, 5) is 25.8. The number of aromatic nitrogens is 1. The first-order valence-corrected chi connectivity index (χ1v) is 10.0. The number of benzene rings is 2. The van der Waals surface area contributed by atoms with Crippen LogP contribution >= 0.6 is 0 Å². The lowest BCUT2D eigenvalue weighted by Crippen LogP contribution is -2.37. The van der Waals surface area contributed by atoms with E-state index in [9.17, 15) is 14.9 Å². The Balaban J connectivity index is 1.85. The highest BCUT2D eigenvalue weighted by Gasteiger charge is 2.23. The number of nitro groups is 1. The minimum absolute atomic E-state index is 0.0348. The maximum Gasteiger partial charge on any atom is 0.273 e. The number of nitro benzene ring substituents is 1. The van der Waals surface area contributed by atoms with Gasteiger partial charge in [0.05, 0.1) is 11.5 Å². The smallest absolute Gasteiger partial charge is 0.273 e. The molecule has 1 aromatic heterocycles. The summed E-state index contributed by atoms with van der Waals surface area (Å²) in [5, 5.41) is 11.3. The van der Waals surface area contributed by atoms with Crippen LogP contribution in [0.1, 0.15) is 46.6 Å². The van der Waals surface area contributed by atoms with E-state index in [0.717, 1.165) is 12.2 Å². The molecule has 0 aliphatic rings. The first kappa shape index (κ1) is 21.3. The lowest BCUT2D eigenvalue weighted by molar-refractivity contribution is -0.385. The van der Waals surface area contributed by atoms with Gasteiger partial charge in [0.2, 0.25) is 0 Å². The minimum Gasteiger partial charge on any atom is -0.345 e. The van der Waals surface area contributed by atoms with Crippen LogP contribution in [-0.2, 0) is 13.1 Å². The van der Waals surface area contributed by atoms with Crippen LogP contribution in [-0.4, -0.2) is 26.3 Å². The zero-order chi connectivity index (χ0) is 21.8. The topological polar surface area (TPSA) is 68.4 Å². The third-order valence-corrected chi connectivity index (χ3v) is 5.23. The molecule has 0 spiro atoms. The molecule has 2 aromatic carbocycles. The number of hydrogen-bond donors (Lipinski definition) is 0. The highest BCUT2D eigenvalue weighted by molar-refractivity contribution is 5.95. The van der Waals surface area contributed by atoms with E-state index < -0.39 is 4.92 Å². The number of aryl methyl sites for hydroxylation is 2. The van der Waals surface area contributed by atoms with Crippen molar-refractivity contribution < 1.29 is 9.72 Å². The van der Waals surface area contributed by atoms with E-state index in [1.807, 2.05) is 38.2 Å². The number of rotatable bonds is 7. The van der Waals surface area contributed by atoms with Crippen LogP contribution in [0.15, 0.2) is 60.8 Å². The van der Waals surface area contributed by atoms with Gasteiger partial charge in [0, 0.05) is 41.7 Å². The Morgan fingerprint density at radius 1 is 1.10 bits per heavy atom. The molecule has 3 aromatic rings. The van der Waals surface area contributed by atoms with Crippen molar-refractivity contribution in [3.63, 3.8) is 0 Å². The van der Waals surface area contributed by atoms with Gasteiger partial charge < -0.3 is 9.47 Å². The highest BCUT2D eigenvalue weighted by Crippen LogP contribution is 2.22. The van der Waals surface area contributed by atoms with Crippen molar-refractivity contribution in [1.82, 2.24) is 9.47 Å². The van der Waals surface area contributed by atoms with Crippen LogP contribution in [0.5, 0.6) is 0 Å². The third-order valence-electron chi connectivity index (χ3n) is 5.23. The maximum absolute atomic E-state index is 13.2. The number of carbonyl (C=O) groups excluding carboxylic acids is 1. The molecule has 30 heavy (non-hydrogen) atoms. The van der Waals surface area contributed by atoms with Gasteiger partial charge in [-0.2, -0.15) is 0 Å². The summed E-state index contributed by atoms with van der Waals surface area (Å²) in [6, 6.07) is 17.0. The molecule has 0 aliphatic carbocycles. The number of carbonyl (C=O) groups is 1. The number of nitrogens with zero attached hydrogens (tertiary/aromatic N) is 3. The van der Waals surface area contributed by atoms with Gasteiger partial charge in [-0.1, -0.05) is 35.9 Å². The third kappa shape index (κ3) is 4.76. The lowest BCUT2D eigenvalue weighted by atomic mass is 10.1. The maximum atomic E-state index is 13.2. The molecule has 0 fully saturated rings. The molecule has 0 aliphatic heterocycles. The lowest BCUT2D eigenvalue weighted by Gasteiger charge is -2.27. The van der Waals surface area contributed by atoms with Gasteiger partial charge in [0.1, 0.15) is 0 Å². The van der Waals surface area contributed by atoms with E-state index in [1.54, 1.807) is 24.0 Å². The van der Waals surface area contributed by atoms with Crippen LogP contribution in [0, 0.1) is 24.0 Å². The van der Waals surface area contributed by atoms with Crippen molar-refractivity contribution >= 4 is 11.6 Å². The zero-order valence-corrected chi connectivity index (χ0v) is 17.8. The highest BCUT2D eigenvalue weighted by atomic mass is 16.6. The standard InChI is InChI=1S/C24H27N3O3/c1-17(2)26(24(28)21-11-10-19(4)23(14-21)27(29)30)16-22-9-6-12-25(22)15-20-8-5-7-18(3)13-20/h5-14,17H,15-16H2,1-4H3. The fraction of sp³-hybridized carbons (Fsp3) is 0.292. The molecule has 0 unspecified atom stereocenters. The molecule has 0 saturated carbocycles. The van der Waals surface area contributed by atoms with Crippen LogP contribution in [0.2, 0.25) is 0 Å². The molecule has 0 saturated heterocycles. The summed E-state index contributed by atoms with van der Waals surface area (Å²) in [5.74, 6) is -0.212. The first-order valence-electron chi connectivity index (χ1n) is 10.0. The van der Waals surface area contributed by atoms with E-state index in [2.05, 4.69) is 29.7 Å². The summed E-state index contributed by atoms with van der Waals surface area (Å²) in [7, 11) is 0. The Bertz CT molecular complexity index is 1070. The monoisotopic (exact) mass is 405 g/mol. The van der Waals surface area contributed by atoms with Crippen molar-refractivity contribution in [1.29, 1.82) is 0 Å². The fourth-order valence-electron chi connectivity index (χ4n) is 3.52. The van der Waals surface area contributed by atoms with E-state index in [-0.39, 0.29) is 17.6 Å². The molecule has 156 valence electrons. The number of amides is 1. The van der Waals surface area contributed by atoms with E-state index in [4.69, 9.17) is 0 Å². The van der Waals surface area contributed by atoms with Crippen molar-refractivity contribution in [2.24, 2.45) is 0 Å². The second-order valence-electron chi connectivity index (χ2n) is 7.90. The summed E-state index contributed by atoms with van der Waals surface area (Å²) in [5.41, 5.74) is 4.26. The first-order chi connectivity index (χ1) is 14.3.